The molecule has 0 bridgehead atoms. The van der Waals surface area contributed by atoms with E-state index in [1.165, 1.54) is 12.3 Å². The van der Waals surface area contributed by atoms with Gasteiger partial charge in [0, 0.05) is 11.6 Å². The zero-order valence-corrected chi connectivity index (χ0v) is 10.5. The number of pyridine rings is 1. The molecule has 0 amide bonds. The van der Waals surface area contributed by atoms with Crippen LogP contribution in [-0.4, -0.2) is 21.0 Å². The third-order valence-corrected chi connectivity index (χ3v) is 3.15. The topological polar surface area (TPSA) is 101 Å². The molecule has 0 atom stereocenters. The number of hydrogen-bond donors (Lipinski definition) is 3. The fourth-order valence-electron chi connectivity index (χ4n) is 1.46. The molecule has 18 heavy (non-hydrogen) atoms. The number of carboxylic acid groups (broad SMARTS) is 1. The Labute approximate surface area is 108 Å². The molecule has 0 saturated heterocycles. The third-order valence-electron chi connectivity index (χ3n) is 2.32. The molecular formula is C11H12N4O2S. The van der Waals surface area contributed by atoms with Gasteiger partial charge in [0.1, 0.15) is 5.82 Å². The van der Waals surface area contributed by atoms with E-state index in [4.69, 9.17) is 10.8 Å². The highest BCUT2D eigenvalue weighted by Crippen LogP contribution is 2.20. The number of aromatic carboxylic acids is 1. The van der Waals surface area contributed by atoms with Gasteiger partial charge in [0.05, 0.1) is 28.5 Å². The summed E-state index contributed by atoms with van der Waals surface area (Å²) in [4.78, 5) is 19.2. The predicted octanol–water partition coefficient (Wildman–Crippen LogP) is 1.74. The number of rotatable bonds is 4. The molecule has 2 rings (SSSR count). The van der Waals surface area contributed by atoms with Crippen LogP contribution in [-0.2, 0) is 6.54 Å². The smallest absolute Gasteiger partial charge is 0.337 e. The molecule has 2 aromatic heterocycles. The van der Waals surface area contributed by atoms with Gasteiger partial charge in [-0.25, -0.2) is 14.8 Å². The maximum atomic E-state index is 10.9. The van der Waals surface area contributed by atoms with Crippen LogP contribution in [0, 0.1) is 6.92 Å². The summed E-state index contributed by atoms with van der Waals surface area (Å²) < 4.78 is 0. The van der Waals surface area contributed by atoms with Crippen molar-refractivity contribution in [2.24, 2.45) is 0 Å². The average Bonchev–Trinajstić information content (AvgIpc) is 2.73. The first-order chi connectivity index (χ1) is 8.58. The predicted molar refractivity (Wildman–Crippen MR) is 69.8 cm³/mol. The van der Waals surface area contributed by atoms with Gasteiger partial charge in [-0.15, -0.1) is 11.3 Å². The molecule has 0 fully saturated rings. The molecule has 0 unspecified atom stereocenters. The maximum absolute atomic E-state index is 10.9. The molecule has 94 valence electrons. The Kier molecular flexibility index (Phi) is 3.42. The van der Waals surface area contributed by atoms with Crippen LogP contribution in [0.15, 0.2) is 17.6 Å². The van der Waals surface area contributed by atoms with Crippen LogP contribution >= 0.6 is 11.3 Å². The minimum absolute atomic E-state index is 0.0435. The second-order valence-electron chi connectivity index (χ2n) is 3.64. The maximum Gasteiger partial charge on any atom is 0.337 e. The zero-order chi connectivity index (χ0) is 13.1. The summed E-state index contributed by atoms with van der Waals surface area (Å²) in [5, 5.41) is 14.8. The van der Waals surface area contributed by atoms with E-state index in [2.05, 4.69) is 15.3 Å². The highest BCUT2D eigenvalue weighted by atomic mass is 32.1. The number of nitrogens with zero attached hydrogens (tertiary/aromatic N) is 2. The Morgan fingerprint density at radius 3 is 3.00 bits per heavy atom. The second kappa shape index (κ2) is 5.01. The van der Waals surface area contributed by atoms with Gasteiger partial charge in [-0.05, 0) is 13.0 Å². The number of carbonyl (C=O) groups is 1. The molecule has 4 N–H and O–H groups in total. The van der Waals surface area contributed by atoms with Gasteiger partial charge in [-0.3, -0.25) is 0 Å². The van der Waals surface area contributed by atoms with E-state index in [1.54, 1.807) is 11.3 Å². The SMILES string of the molecule is Cc1nc(CNc2nccc(C(=O)O)c2N)cs1. The number of thiazole rings is 1. The first-order valence-electron chi connectivity index (χ1n) is 5.20. The van der Waals surface area contributed by atoms with Gasteiger partial charge in [0.2, 0.25) is 0 Å². The summed E-state index contributed by atoms with van der Waals surface area (Å²) in [5.74, 6) is -0.706. The van der Waals surface area contributed by atoms with Gasteiger partial charge >= 0.3 is 5.97 Å². The number of carboxylic acids is 1. The van der Waals surface area contributed by atoms with E-state index in [1.807, 2.05) is 12.3 Å². The number of aryl methyl sites for hydroxylation is 1. The van der Waals surface area contributed by atoms with Crippen molar-refractivity contribution in [1.29, 1.82) is 0 Å². The highest BCUT2D eigenvalue weighted by Gasteiger charge is 2.12. The Hall–Kier alpha value is -2.15. The molecule has 0 radical (unpaired) electrons. The molecule has 2 heterocycles. The molecule has 0 aromatic carbocycles. The van der Waals surface area contributed by atoms with Crippen LogP contribution in [0.4, 0.5) is 11.5 Å². The van der Waals surface area contributed by atoms with E-state index in [0.29, 0.717) is 12.4 Å². The van der Waals surface area contributed by atoms with Crippen LogP contribution in [0.25, 0.3) is 0 Å². The Bertz CT molecular complexity index is 582. The lowest BCUT2D eigenvalue weighted by molar-refractivity contribution is 0.0698. The normalized spacial score (nSPS) is 10.3. The summed E-state index contributed by atoms with van der Waals surface area (Å²) in [5.41, 5.74) is 6.78. The summed E-state index contributed by atoms with van der Waals surface area (Å²) in [6, 6.07) is 1.37. The number of nitrogens with two attached hydrogens (primary N) is 1. The molecule has 0 aliphatic carbocycles. The summed E-state index contributed by atoms with van der Waals surface area (Å²) in [6.07, 6.45) is 1.41. The zero-order valence-electron chi connectivity index (χ0n) is 9.67. The van der Waals surface area contributed by atoms with E-state index in [9.17, 15) is 4.79 Å². The van der Waals surface area contributed by atoms with E-state index < -0.39 is 5.97 Å². The lowest BCUT2D eigenvalue weighted by Gasteiger charge is -2.08. The summed E-state index contributed by atoms with van der Waals surface area (Å²) in [7, 11) is 0. The van der Waals surface area contributed by atoms with Crippen molar-refractivity contribution in [3.05, 3.63) is 33.9 Å². The fraction of sp³-hybridized carbons (Fsp3) is 0.182. The average molecular weight is 264 g/mol. The fourth-order valence-corrected chi connectivity index (χ4v) is 2.08. The van der Waals surface area contributed by atoms with E-state index >= 15 is 0 Å². The second-order valence-corrected chi connectivity index (χ2v) is 4.70. The Morgan fingerprint density at radius 1 is 1.61 bits per heavy atom. The molecule has 2 aromatic rings. The first-order valence-corrected chi connectivity index (χ1v) is 6.08. The molecular weight excluding hydrogens is 252 g/mol. The summed E-state index contributed by atoms with van der Waals surface area (Å²) >= 11 is 1.55. The Balaban J connectivity index is 2.14. The third kappa shape index (κ3) is 2.57. The molecule has 0 spiro atoms. The van der Waals surface area contributed by atoms with Gasteiger partial charge in [0.15, 0.2) is 0 Å². The van der Waals surface area contributed by atoms with Gasteiger partial charge < -0.3 is 16.2 Å². The highest BCUT2D eigenvalue weighted by molar-refractivity contribution is 7.09. The largest absolute Gasteiger partial charge is 0.478 e. The van der Waals surface area contributed by atoms with Crippen LogP contribution < -0.4 is 11.1 Å². The van der Waals surface area contributed by atoms with Crippen molar-refractivity contribution in [2.45, 2.75) is 13.5 Å². The minimum atomic E-state index is -1.07. The minimum Gasteiger partial charge on any atom is -0.478 e. The van der Waals surface area contributed by atoms with Crippen molar-refractivity contribution >= 4 is 28.8 Å². The first kappa shape index (κ1) is 12.3. The quantitative estimate of drug-likeness (QED) is 0.777. The number of nitrogens with one attached hydrogen (secondary N) is 1. The van der Waals surface area contributed by atoms with Crippen molar-refractivity contribution in [1.82, 2.24) is 9.97 Å². The van der Waals surface area contributed by atoms with Crippen molar-refractivity contribution < 1.29 is 9.90 Å². The number of aromatic nitrogens is 2. The lowest BCUT2D eigenvalue weighted by Crippen LogP contribution is -2.09. The lowest BCUT2D eigenvalue weighted by atomic mass is 10.2. The van der Waals surface area contributed by atoms with Gasteiger partial charge in [0.25, 0.3) is 0 Å². The monoisotopic (exact) mass is 264 g/mol. The van der Waals surface area contributed by atoms with Crippen molar-refractivity contribution in [2.75, 3.05) is 11.1 Å². The Morgan fingerprint density at radius 2 is 2.39 bits per heavy atom. The molecule has 6 nitrogen and oxygen atoms in total. The standard InChI is InChI=1S/C11H12N4O2S/c1-6-15-7(5-18-6)4-14-10-9(12)8(11(16)17)2-3-13-10/h2-3,5H,4,12H2,1H3,(H,13,14)(H,16,17). The van der Waals surface area contributed by atoms with Gasteiger partial charge in [-0.2, -0.15) is 0 Å². The molecule has 0 aliphatic rings. The van der Waals surface area contributed by atoms with E-state index in [0.717, 1.165) is 10.7 Å². The van der Waals surface area contributed by atoms with Crippen LogP contribution in [0.5, 0.6) is 0 Å². The van der Waals surface area contributed by atoms with Crippen molar-refractivity contribution in [3.63, 3.8) is 0 Å². The van der Waals surface area contributed by atoms with Crippen LogP contribution in [0.1, 0.15) is 21.1 Å². The van der Waals surface area contributed by atoms with E-state index in [-0.39, 0.29) is 11.3 Å². The number of anilines is 2. The molecule has 0 aliphatic heterocycles. The number of hydrogen-bond acceptors (Lipinski definition) is 6. The molecule has 0 saturated carbocycles. The summed E-state index contributed by atoms with van der Waals surface area (Å²) in [6.45, 7) is 2.39. The van der Waals surface area contributed by atoms with Crippen LogP contribution in [0.3, 0.4) is 0 Å². The number of nitrogen functional groups attached to an aromatic ring is 1. The van der Waals surface area contributed by atoms with Crippen molar-refractivity contribution in [3.8, 4) is 0 Å². The van der Waals surface area contributed by atoms with Crippen LogP contribution in [0.2, 0.25) is 0 Å². The molecule has 7 heteroatoms. The van der Waals surface area contributed by atoms with Gasteiger partial charge in [-0.1, -0.05) is 0 Å².